The number of carbonyl (C=O) groups is 1. The molecule has 4 unspecified atom stereocenters. The van der Waals surface area contributed by atoms with Crippen molar-refractivity contribution in [3.63, 3.8) is 0 Å². The first-order chi connectivity index (χ1) is 17.5. The van der Waals surface area contributed by atoms with Crippen LogP contribution in [0.1, 0.15) is 11.8 Å². The van der Waals surface area contributed by atoms with Crippen molar-refractivity contribution in [3.05, 3.63) is 66.5 Å². The van der Waals surface area contributed by atoms with Crippen LogP contribution in [0, 0.1) is 0 Å². The summed E-state index contributed by atoms with van der Waals surface area (Å²) >= 11 is 0. The van der Waals surface area contributed by atoms with Gasteiger partial charge in [0.1, 0.15) is 18.0 Å². The number of rotatable bonds is 7. The van der Waals surface area contributed by atoms with Crippen molar-refractivity contribution in [2.75, 3.05) is 19.5 Å². The van der Waals surface area contributed by atoms with Crippen LogP contribution < -0.4 is 15.4 Å². The van der Waals surface area contributed by atoms with Gasteiger partial charge in [-0.05, 0) is 17.7 Å². The fraction of sp³-hybridized carbons (Fsp3) is 0.280. The Balaban J connectivity index is 1.61. The quantitative estimate of drug-likeness (QED) is 0.303. The average Bonchev–Trinajstić information content (AvgIpc) is 3.47. The molecule has 4 atom stereocenters. The minimum atomic E-state index is -1.42. The summed E-state index contributed by atoms with van der Waals surface area (Å²) in [6.45, 7) is 0.491. The van der Waals surface area contributed by atoms with E-state index in [4.69, 9.17) is 19.4 Å². The number of benzene rings is 2. The van der Waals surface area contributed by atoms with Crippen molar-refractivity contribution in [2.45, 2.75) is 31.1 Å². The molecule has 36 heavy (non-hydrogen) atoms. The van der Waals surface area contributed by atoms with E-state index in [1.807, 2.05) is 54.6 Å². The second-order valence-electron chi connectivity index (χ2n) is 8.30. The summed E-state index contributed by atoms with van der Waals surface area (Å²) in [6.07, 6.45) is -3.67. The SMILES string of the molecule is CNC(=O)C1OC(n2cnc3c(NCc4ccccc4)nc(-c4ccccc4OC)nc32)C(O)C1O. The molecule has 2 aromatic carbocycles. The van der Waals surface area contributed by atoms with Crippen molar-refractivity contribution in [2.24, 2.45) is 0 Å². The van der Waals surface area contributed by atoms with Gasteiger partial charge < -0.3 is 30.3 Å². The topological polar surface area (TPSA) is 144 Å². The van der Waals surface area contributed by atoms with Crippen molar-refractivity contribution < 1.29 is 24.5 Å². The predicted octanol–water partition coefficient (Wildman–Crippen LogP) is 1.48. The first kappa shape index (κ1) is 23.7. The van der Waals surface area contributed by atoms with E-state index in [0.717, 1.165) is 5.56 Å². The van der Waals surface area contributed by atoms with Gasteiger partial charge >= 0.3 is 0 Å². The Morgan fingerprint density at radius 1 is 1.08 bits per heavy atom. The molecule has 2 aromatic heterocycles. The van der Waals surface area contributed by atoms with Gasteiger partial charge in [0.15, 0.2) is 35.1 Å². The molecule has 1 aliphatic rings. The van der Waals surface area contributed by atoms with E-state index < -0.39 is 30.4 Å². The molecule has 5 rings (SSSR count). The van der Waals surface area contributed by atoms with Gasteiger partial charge in [0, 0.05) is 13.6 Å². The van der Waals surface area contributed by atoms with Gasteiger partial charge in [-0.1, -0.05) is 42.5 Å². The van der Waals surface area contributed by atoms with E-state index in [9.17, 15) is 15.0 Å². The van der Waals surface area contributed by atoms with Crippen LogP contribution in [0.4, 0.5) is 5.82 Å². The molecule has 0 spiro atoms. The molecular weight excluding hydrogens is 464 g/mol. The van der Waals surface area contributed by atoms with E-state index in [1.54, 1.807) is 7.11 Å². The molecule has 0 aliphatic carbocycles. The van der Waals surface area contributed by atoms with Crippen LogP contribution in [-0.4, -0.2) is 68.1 Å². The van der Waals surface area contributed by atoms with E-state index in [0.29, 0.717) is 40.7 Å². The molecule has 186 valence electrons. The standard InChI is InChI=1S/C25H26N6O5/c1-26-24(34)20-18(32)19(33)25(36-20)31-13-28-17-22(27-12-14-8-4-3-5-9-14)29-21(30-23(17)31)15-10-6-7-11-16(15)35-2/h3-11,13,18-20,25,32-33H,12H2,1-2H3,(H,26,34)(H,27,29,30). The monoisotopic (exact) mass is 490 g/mol. The highest BCUT2D eigenvalue weighted by molar-refractivity contribution is 5.86. The molecule has 1 amide bonds. The second kappa shape index (κ2) is 9.90. The number of ether oxygens (including phenoxy) is 2. The molecule has 0 radical (unpaired) electrons. The summed E-state index contributed by atoms with van der Waals surface area (Å²) < 4.78 is 12.8. The molecule has 4 N–H and O–H groups in total. The first-order valence-corrected chi connectivity index (χ1v) is 11.4. The lowest BCUT2D eigenvalue weighted by molar-refractivity contribution is -0.137. The molecule has 11 nitrogen and oxygen atoms in total. The Bertz CT molecular complexity index is 1380. The smallest absolute Gasteiger partial charge is 0.251 e. The highest BCUT2D eigenvalue weighted by Gasteiger charge is 2.47. The van der Waals surface area contributed by atoms with Crippen molar-refractivity contribution in [1.29, 1.82) is 0 Å². The normalized spacial score (nSPS) is 21.4. The third-order valence-corrected chi connectivity index (χ3v) is 6.09. The largest absolute Gasteiger partial charge is 0.496 e. The lowest BCUT2D eigenvalue weighted by atomic mass is 10.1. The number of methoxy groups -OCH3 is 1. The summed E-state index contributed by atoms with van der Waals surface area (Å²) in [7, 11) is 3.00. The summed E-state index contributed by atoms with van der Waals surface area (Å²) in [5.74, 6) is 0.889. The van der Waals surface area contributed by atoms with Gasteiger partial charge in [-0.25, -0.2) is 15.0 Å². The number of fused-ring (bicyclic) bond motifs is 1. The van der Waals surface area contributed by atoms with Crippen LogP contribution in [0.2, 0.25) is 0 Å². The number of carbonyl (C=O) groups excluding carboxylic acids is 1. The number of nitrogens with one attached hydrogen (secondary N) is 2. The number of aliphatic hydroxyl groups is 2. The van der Waals surface area contributed by atoms with Gasteiger partial charge in [0.25, 0.3) is 5.91 Å². The number of nitrogens with zero attached hydrogens (tertiary/aromatic N) is 4. The number of amides is 1. The van der Waals surface area contributed by atoms with Crippen LogP contribution >= 0.6 is 0 Å². The lowest BCUT2D eigenvalue weighted by Gasteiger charge is -2.17. The molecule has 11 heteroatoms. The number of aromatic nitrogens is 4. The Kier molecular flexibility index (Phi) is 6.51. The van der Waals surface area contributed by atoms with E-state index >= 15 is 0 Å². The zero-order valence-corrected chi connectivity index (χ0v) is 19.7. The van der Waals surface area contributed by atoms with Gasteiger partial charge in [-0.3, -0.25) is 9.36 Å². The highest BCUT2D eigenvalue weighted by Crippen LogP contribution is 2.35. The third-order valence-electron chi connectivity index (χ3n) is 6.09. The number of para-hydroxylation sites is 1. The van der Waals surface area contributed by atoms with Crippen molar-refractivity contribution in [3.8, 4) is 17.1 Å². The molecule has 1 aliphatic heterocycles. The fourth-order valence-electron chi connectivity index (χ4n) is 4.21. The van der Waals surface area contributed by atoms with Gasteiger partial charge in [0.2, 0.25) is 0 Å². The Labute approximate surface area is 206 Å². The summed E-state index contributed by atoms with van der Waals surface area (Å²) in [5.41, 5.74) is 2.51. The molecule has 4 aromatic rings. The molecule has 0 saturated carbocycles. The number of likely N-dealkylation sites (N-methyl/N-ethyl adjacent to an activating group) is 1. The summed E-state index contributed by atoms with van der Waals surface area (Å²) in [4.78, 5) is 26.1. The Morgan fingerprint density at radius 3 is 2.58 bits per heavy atom. The maximum Gasteiger partial charge on any atom is 0.251 e. The molecule has 1 fully saturated rings. The minimum Gasteiger partial charge on any atom is -0.496 e. The minimum absolute atomic E-state index is 0.357. The lowest BCUT2D eigenvalue weighted by Crippen LogP contribution is -2.41. The van der Waals surface area contributed by atoms with Crippen molar-refractivity contribution in [1.82, 2.24) is 24.8 Å². The van der Waals surface area contributed by atoms with Crippen LogP contribution in [0.15, 0.2) is 60.9 Å². The highest BCUT2D eigenvalue weighted by atomic mass is 16.6. The number of anilines is 1. The third kappa shape index (κ3) is 4.24. The molecule has 1 saturated heterocycles. The zero-order valence-electron chi connectivity index (χ0n) is 19.7. The molecule has 0 bridgehead atoms. The second-order valence-corrected chi connectivity index (χ2v) is 8.30. The maximum atomic E-state index is 12.2. The first-order valence-electron chi connectivity index (χ1n) is 11.4. The number of aliphatic hydroxyl groups excluding tert-OH is 2. The average molecular weight is 491 g/mol. The van der Waals surface area contributed by atoms with Crippen LogP contribution in [0.3, 0.4) is 0 Å². The predicted molar refractivity (Wildman–Crippen MR) is 131 cm³/mol. The molecular formula is C25H26N6O5. The number of hydrogen-bond acceptors (Lipinski definition) is 9. The summed E-state index contributed by atoms with van der Waals surface area (Å²) in [6, 6.07) is 17.2. The van der Waals surface area contributed by atoms with Gasteiger partial charge in [-0.15, -0.1) is 0 Å². The van der Waals surface area contributed by atoms with Gasteiger partial charge in [0.05, 0.1) is 19.0 Å². The van der Waals surface area contributed by atoms with E-state index in [2.05, 4.69) is 15.6 Å². The zero-order chi connectivity index (χ0) is 25.2. The maximum absolute atomic E-state index is 12.2. The van der Waals surface area contributed by atoms with Crippen LogP contribution in [0.5, 0.6) is 5.75 Å². The van der Waals surface area contributed by atoms with Gasteiger partial charge in [-0.2, -0.15) is 0 Å². The Hall–Kier alpha value is -4.06. The fourth-order valence-corrected chi connectivity index (χ4v) is 4.21. The molecule has 3 heterocycles. The number of imidazole rings is 1. The Morgan fingerprint density at radius 2 is 1.83 bits per heavy atom. The van der Waals surface area contributed by atoms with E-state index in [-0.39, 0.29) is 0 Å². The number of hydrogen-bond donors (Lipinski definition) is 4. The van der Waals surface area contributed by atoms with Crippen molar-refractivity contribution >= 4 is 22.9 Å². The van der Waals surface area contributed by atoms with Crippen LogP contribution in [-0.2, 0) is 16.1 Å². The summed E-state index contributed by atoms with van der Waals surface area (Å²) in [5, 5.41) is 26.9. The van der Waals surface area contributed by atoms with E-state index in [1.165, 1.54) is 17.9 Å². The van der Waals surface area contributed by atoms with Crippen LogP contribution in [0.25, 0.3) is 22.6 Å².